The van der Waals surface area contributed by atoms with Crippen LogP contribution >= 0.6 is 11.6 Å². The van der Waals surface area contributed by atoms with E-state index in [1.54, 1.807) is 12.1 Å². The van der Waals surface area contributed by atoms with Crippen molar-refractivity contribution in [3.05, 3.63) is 76.8 Å². The third-order valence-electron chi connectivity index (χ3n) is 4.41. The lowest BCUT2D eigenvalue weighted by atomic mass is 10.2. The van der Waals surface area contributed by atoms with E-state index < -0.39 is 5.82 Å². The van der Waals surface area contributed by atoms with Gasteiger partial charge in [0, 0.05) is 26.2 Å². The van der Waals surface area contributed by atoms with Crippen molar-refractivity contribution >= 4 is 23.2 Å². The topological polar surface area (TPSA) is 33.1 Å². The third kappa shape index (κ3) is 3.38. The summed E-state index contributed by atoms with van der Waals surface area (Å²) >= 11 is 5.84. The molecule has 0 radical (unpaired) electrons. The molecule has 1 aliphatic rings. The Kier molecular flexibility index (Phi) is 4.42. The number of rotatable bonds is 4. The molecule has 1 aromatic heterocycles. The molecule has 128 valence electrons. The van der Waals surface area contributed by atoms with Crippen LogP contribution in [0.15, 0.2) is 54.7 Å². The van der Waals surface area contributed by atoms with Crippen LogP contribution in [0.1, 0.15) is 11.3 Å². The molecule has 0 amide bonds. The van der Waals surface area contributed by atoms with Crippen molar-refractivity contribution in [1.29, 1.82) is 0 Å². The first-order valence-corrected chi connectivity index (χ1v) is 8.60. The van der Waals surface area contributed by atoms with E-state index in [0.29, 0.717) is 11.6 Å². The van der Waals surface area contributed by atoms with Gasteiger partial charge in [0.05, 0.1) is 22.6 Å². The minimum atomic E-state index is -0.456. The molecule has 4 rings (SSSR count). The zero-order valence-electron chi connectivity index (χ0n) is 13.6. The van der Waals surface area contributed by atoms with Gasteiger partial charge < -0.3 is 9.88 Å². The molecule has 0 aliphatic carbocycles. The number of nitrogens with one attached hydrogen (secondary N) is 1. The van der Waals surface area contributed by atoms with Crippen LogP contribution in [0.25, 0.3) is 0 Å². The highest BCUT2D eigenvalue weighted by atomic mass is 35.5. The van der Waals surface area contributed by atoms with Gasteiger partial charge in [0.15, 0.2) is 5.82 Å². The van der Waals surface area contributed by atoms with Crippen molar-refractivity contribution in [2.24, 2.45) is 0 Å². The Hall–Kier alpha value is -2.37. The van der Waals surface area contributed by atoms with Gasteiger partial charge in [-0.1, -0.05) is 48.0 Å². The molecule has 1 N–H and O–H groups in total. The van der Waals surface area contributed by atoms with Gasteiger partial charge in [-0.15, -0.1) is 0 Å². The van der Waals surface area contributed by atoms with Crippen molar-refractivity contribution in [2.45, 2.75) is 19.6 Å². The molecule has 4 nitrogen and oxygen atoms in total. The fourth-order valence-corrected chi connectivity index (χ4v) is 3.31. The molecule has 2 heterocycles. The maximum Gasteiger partial charge on any atom is 0.207 e. The molecule has 3 aromatic rings. The lowest BCUT2D eigenvalue weighted by Gasteiger charge is -2.28. The van der Waals surface area contributed by atoms with E-state index in [4.69, 9.17) is 11.6 Å². The average molecular weight is 357 g/mol. The number of anilines is 2. The largest absolute Gasteiger partial charge is 0.323 e. The molecular formula is C19H18ClFN4. The molecule has 0 atom stereocenters. The van der Waals surface area contributed by atoms with Gasteiger partial charge in [-0.05, 0) is 17.7 Å². The van der Waals surface area contributed by atoms with Gasteiger partial charge in [0.25, 0.3) is 0 Å². The number of aromatic nitrogens is 2. The summed E-state index contributed by atoms with van der Waals surface area (Å²) in [6.45, 7) is 3.47. The van der Waals surface area contributed by atoms with Crippen molar-refractivity contribution in [2.75, 3.05) is 11.9 Å². The SMILES string of the molecule is Fc1c(Cl)cccc1Nc1ncc2n1CCN(Cc1ccccc1)C2. The average Bonchev–Trinajstić information content (AvgIpc) is 3.02. The van der Waals surface area contributed by atoms with Crippen molar-refractivity contribution in [3.8, 4) is 0 Å². The summed E-state index contributed by atoms with van der Waals surface area (Å²) in [5, 5.41) is 3.16. The molecule has 0 fully saturated rings. The van der Waals surface area contributed by atoms with E-state index >= 15 is 0 Å². The second-order valence-electron chi connectivity index (χ2n) is 6.15. The molecule has 0 saturated carbocycles. The summed E-state index contributed by atoms with van der Waals surface area (Å²) in [4.78, 5) is 6.81. The Labute approximate surface area is 150 Å². The molecule has 25 heavy (non-hydrogen) atoms. The van der Waals surface area contributed by atoms with Crippen molar-refractivity contribution in [1.82, 2.24) is 14.5 Å². The Morgan fingerprint density at radius 2 is 1.92 bits per heavy atom. The molecule has 6 heteroatoms. The summed E-state index contributed by atoms with van der Waals surface area (Å²) in [5.74, 6) is 0.193. The van der Waals surface area contributed by atoms with Crippen LogP contribution in [0.4, 0.5) is 16.0 Å². The maximum atomic E-state index is 14.1. The van der Waals surface area contributed by atoms with Gasteiger partial charge in [-0.2, -0.15) is 0 Å². The highest BCUT2D eigenvalue weighted by Gasteiger charge is 2.20. The molecule has 2 aromatic carbocycles. The number of benzene rings is 2. The van der Waals surface area contributed by atoms with E-state index in [0.717, 1.165) is 31.9 Å². The first kappa shape index (κ1) is 16.1. The summed E-state index contributed by atoms with van der Waals surface area (Å²) < 4.78 is 16.2. The van der Waals surface area contributed by atoms with Crippen LogP contribution in [0.2, 0.25) is 5.02 Å². The molecule has 0 spiro atoms. The van der Waals surface area contributed by atoms with E-state index in [1.807, 2.05) is 12.3 Å². The molecule has 0 saturated heterocycles. The summed E-state index contributed by atoms with van der Waals surface area (Å²) in [6, 6.07) is 15.3. The summed E-state index contributed by atoms with van der Waals surface area (Å²) in [7, 11) is 0. The number of imidazole rings is 1. The van der Waals surface area contributed by atoms with Gasteiger partial charge in [0.1, 0.15) is 0 Å². The first-order valence-electron chi connectivity index (χ1n) is 8.22. The standard InChI is InChI=1S/C19H18ClFN4/c20-16-7-4-8-17(18(16)21)23-19-22-11-15-13-24(9-10-25(15)19)12-14-5-2-1-3-6-14/h1-8,11H,9-10,12-13H2,(H,22,23). The van der Waals surface area contributed by atoms with E-state index in [9.17, 15) is 4.39 Å². The van der Waals surface area contributed by atoms with Gasteiger partial charge in [-0.3, -0.25) is 4.90 Å². The van der Waals surface area contributed by atoms with E-state index in [-0.39, 0.29) is 5.02 Å². The van der Waals surface area contributed by atoms with Crippen LogP contribution in [0.5, 0.6) is 0 Å². The van der Waals surface area contributed by atoms with Crippen LogP contribution < -0.4 is 5.32 Å². The third-order valence-corrected chi connectivity index (χ3v) is 4.70. The predicted molar refractivity (Wildman–Crippen MR) is 97.5 cm³/mol. The molecular weight excluding hydrogens is 339 g/mol. The van der Waals surface area contributed by atoms with Crippen LogP contribution in [-0.4, -0.2) is 21.0 Å². The second-order valence-corrected chi connectivity index (χ2v) is 6.55. The Morgan fingerprint density at radius 3 is 2.76 bits per heavy atom. The lowest BCUT2D eigenvalue weighted by Crippen LogP contribution is -2.33. The van der Waals surface area contributed by atoms with Gasteiger partial charge >= 0.3 is 0 Å². The number of hydrogen-bond acceptors (Lipinski definition) is 3. The second kappa shape index (κ2) is 6.86. The maximum absolute atomic E-state index is 14.1. The van der Waals surface area contributed by atoms with Crippen LogP contribution in [-0.2, 0) is 19.6 Å². The predicted octanol–water partition coefficient (Wildman–Crippen LogP) is 4.44. The van der Waals surface area contributed by atoms with Crippen LogP contribution in [0, 0.1) is 5.82 Å². The molecule has 0 unspecified atom stereocenters. The molecule has 0 bridgehead atoms. The van der Waals surface area contributed by atoms with E-state index in [1.165, 1.54) is 11.6 Å². The fraction of sp³-hybridized carbons (Fsp3) is 0.211. The monoisotopic (exact) mass is 356 g/mol. The first-order chi connectivity index (χ1) is 12.2. The van der Waals surface area contributed by atoms with Crippen molar-refractivity contribution in [3.63, 3.8) is 0 Å². The fourth-order valence-electron chi connectivity index (χ4n) is 3.13. The van der Waals surface area contributed by atoms with Gasteiger partial charge in [-0.25, -0.2) is 9.37 Å². The van der Waals surface area contributed by atoms with Crippen molar-refractivity contribution < 1.29 is 4.39 Å². The number of hydrogen-bond donors (Lipinski definition) is 1. The van der Waals surface area contributed by atoms with Crippen LogP contribution in [0.3, 0.4) is 0 Å². The quantitative estimate of drug-likeness (QED) is 0.750. The normalized spacial score (nSPS) is 14.3. The Bertz CT molecular complexity index is 878. The highest BCUT2D eigenvalue weighted by molar-refractivity contribution is 6.31. The number of nitrogens with zero attached hydrogens (tertiary/aromatic N) is 3. The summed E-state index contributed by atoms with van der Waals surface area (Å²) in [5.41, 5.74) is 2.76. The summed E-state index contributed by atoms with van der Waals surface area (Å²) in [6.07, 6.45) is 1.85. The number of halogens is 2. The Balaban J connectivity index is 1.50. The zero-order valence-corrected chi connectivity index (χ0v) is 14.4. The smallest absolute Gasteiger partial charge is 0.207 e. The molecule has 1 aliphatic heterocycles. The van der Waals surface area contributed by atoms with Gasteiger partial charge in [0.2, 0.25) is 5.95 Å². The minimum Gasteiger partial charge on any atom is -0.323 e. The number of fused-ring (bicyclic) bond motifs is 1. The lowest BCUT2D eigenvalue weighted by molar-refractivity contribution is 0.214. The highest BCUT2D eigenvalue weighted by Crippen LogP contribution is 2.27. The van der Waals surface area contributed by atoms with E-state index in [2.05, 4.69) is 44.0 Å². The Morgan fingerprint density at radius 1 is 1.08 bits per heavy atom. The zero-order chi connectivity index (χ0) is 17.2. The minimum absolute atomic E-state index is 0.101.